The SMILES string of the molecule is C/C(=N\NC(=O)CCc1ccc(S(=O)(=O)N2CCOCC2)cc1)c1cc(Cl)ccc1Cl. The van der Waals surface area contributed by atoms with Crippen molar-refractivity contribution in [3.63, 3.8) is 0 Å². The number of ether oxygens (including phenoxy) is 1. The molecule has 0 atom stereocenters. The summed E-state index contributed by atoms with van der Waals surface area (Å²) in [6.07, 6.45) is 0.659. The molecule has 1 fully saturated rings. The number of hydrogen-bond acceptors (Lipinski definition) is 5. The molecule has 1 saturated heterocycles. The van der Waals surface area contributed by atoms with E-state index in [1.54, 1.807) is 49.4 Å². The molecule has 2 aromatic carbocycles. The Bertz CT molecular complexity index is 1070. The average molecular weight is 484 g/mol. The number of morpholine rings is 1. The molecule has 166 valence electrons. The van der Waals surface area contributed by atoms with Crippen LogP contribution in [0.1, 0.15) is 24.5 Å². The molecule has 0 bridgehead atoms. The number of carbonyl (C=O) groups is 1. The molecule has 7 nitrogen and oxygen atoms in total. The number of amides is 1. The predicted octanol–water partition coefficient (Wildman–Crippen LogP) is 3.49. The zero-order valence-corrected chi connectivity index (χ0v) is 19.3. The van der Waals surface area contributed by atoms with Crippen LogP contribution in [0.25, 0.3) is 0 Å². The van der Waals surface area contributed by atoms with Crippen molar-refractivity contribution in [2.24, 2.45) is 5.10 Å². The van der Waals surface area contributed by atoms with Gasteiger partial charge >= 0.3 is 0 Å². The van der Waals surface area contributed by atoms with Crippen molar-refractivity contribution in [1.29, 1.82) is 0 Å². The van der Waals surface area contributed by atoms with Crippen LogP contribution in [0.2, 0.25) is 10.0 Å². The van der Waals surface area contributed by atoms with Gasteiger partial charge in [-0.25, -0.2) is 13.8 Å². The summed E-state index contributed by atoms with van der Waals surface area (Å²) in [4.78, 5) is 12.4. The third-order valence-electron chi connectivity index (χ3n) is 4.84. The van der Waals surface area contributed by atoms with Crippen molar-refractivity contribution >= 4 is 44.8 Å². The van der Waals surface area contributed by atoms with Gasteiger partial charge in [-0.2, -0.15) is 9.41 Å². The Morgan fingerprint density at radius 1 is 1.13 bits per heavy atom. The third-order valence-corrected chi connectivity index (χ3v) is 7.32. The first-order chi connectivity index (χ1) is 14.8. The van der Waals surface area contributed by atoms with Gasteiger partial charge in [0.15, 0.2) is 0 Å². The van der Waals surface area contributed by atoms with E-state index in [-0.39, 0.29) is 17.2 Å². The molecule has 0 saturated carbocycles. The number of carbonyl (C=O) groups excluding carboxylic acids is 1. The monoisotopic (exact) mass is 483 g/mol. The normalized spacial score (nSPS) is 15.6. The van der Waals surface area contributed by atoms with Crippen LogP contribution >= 0.6 is 23.2 Å². The number of benzene rings is 2. The fourth-order valence-electron chi connectivity index (χ4n) is 3.06. The van der Waals surface area contributed by atoms with E-state index in [1.165, 1.54) is 4.31 Å². The van der Waals surface area contributed by atoms with Crippen LogP contribution in [-0.2, 0) is 26.0 Å². The van der Waals surface area contributed by atoms with Gasteiger partial charge in [0.25, 0.3) is 0 Å². The number of aryl methyl sites for hydroxylation is 1. The van der Waals surface area contributed by atoms with Crippen LogP contribution in [0.3, 0.4) is 0 Å². The van der Waals surface area contributed by atoms with Gasteiger partial charge in [0, 0.05) is 35.1 Å². The van der Waals surface area contributed by atoms with E-state index >= 15 is 0 Å². The van der Waals surface area contributed by atoms with Crippen molar-refractivity contribution in [1.82, 2.24) is 9.73 Å². The van der Waals surface area contributed by atoms with E-state index in [4.69, 9.17) is 27.9 Å². The molecular weight excluding hydrogens is 461 g/mol. The molecule has 1 amide bonds. The van der Waals surface area contributed by atoms with E-state index in [0.717, 1.165) is 5.56 Å². The van der Waals surface area contributed by atoms with Crippen LogP contribution in [0.5, 0.6) is 0 Å². The maximum absolute atomic E-state index is 12.6. The molecule has 1 aliphatic rings. The van der Waals surface area contributed by atoms with Gasteiger partial charge in [-0.1, -0.05) is 35.3 Å². The second kappa shape index (κ2) is 10.6. The van der Waals surface area contributed by atoms with Crippen LogP contribution in [-0.4, -0.2) is 50.6 Å². The molecule has 10 heteroatoms. The van der Waals surface area contributed by atoms with Gasteiger partial charge < -0.3 is 4.74 Å². The lowest BCUT2D eigenvalue weighted by molar-refractivity contribution is -0.121. The summed E-state index contributed by atoms with van der Waals surface area (Å²) < 4.78 is 31.9. The lowest BCUT2D eigenvalue weighted by Gasteiger charge is -2.26. The van der Waals surface area contributed by atoms with Gasteiger partial charge in [-0.15, -0.1) is 0 Å². The fraction of sp³-hybridized carbons (Fsp3) is 0.333. The molecule has 0 aliphatic carbocycles. The number of hydrazone groups is 1. The largest absolute Gasteiger partial charge is 0.379 e. The zero-order valence-electron chi connectivity index (χ0n) is 17.0. The number of nitrogens with zero attached hydrogens (tertiary/aromatic N) is 2. The second-order valence-corrected chi connectivity index (χ2v) is 9.80. The zero-order chi connectivity index (χ0) is 22.4. The Hall–Kier alpha value is -1.97. The minimum atomic E-state index is -3.53. The average Bonchev–Trinajstić information content (AvgIpc) is 2.78. The first kappa shape index (κ1) is 23.7. The maximum Gasteiger partial charge on any atom is 0.243 e. The second-order valence-electron chi connectivity index (χ2n) is 7.02. The van der Waals surface area contributed by atoms with Crippen molar-refractivity contribution < 1.29 is 17.9 Å². The molecule has 1 heterocycles. The topological polar surface area (TPSA) is 88.1 Å². The van der Waals surface area contributed by atoms with Crippen molar-refractivity contribution in [3.8, 4) is 0 Å². The molecule has 0 unspecified atom stereocenters. The van der Waals surface area contributed by atoms with E-state index in [2.05, 4.69) is 10.5 Å². The summed E-state index contributed by atoms with van der Waals surface area (Å²) in [6.45, 7) is 3.23. The standard InChI is InChI=1S/C21H23Cl2N3O4S/c1-15(19-14-17(22)5-8-20(19)23)24-25-21(27)9-4-16-2-6-18(7-3-16)31(28,29)26-10-12-30-13-11-26/h2-3,5-8,14H,4,9-13H2,1H3,(H,25,27)/b24-15+. The Morgan fingerprint density at radius 2 is 1.81 bits per heavy atom. The number of rotatable bonds is 7. The van der Waals surface area contributed by atoms with Gasteiger partial charge in [0.05, 0.1) is 23.8 Å². The number of hydrogen-bond donors (Lipinski definition) is 1. The maximum atomic E-state index is 12.6. The highest BCUT2D eigenvalue weighted by Gasteiger charge is 2.26. The fourth-order valence-corrected chi connectivity index (χ4v) is 4.89. The molecule has 1 aliphatic heterocycles. The summed E-state index contributed by atoms with van der Waals surface area (Å²) in [5, 5.41) is 5.11. The lowest BCUT2D eigenvalue weighted by Crippen LogP contribution is -2.40. The minimum Gasteiger partial charge on any atom is -0.379 e. The summed E-state index contributed by atoms with van der Waals surface area (Å²) in [5.74, 6) is -0.262. The summed E-state index contributed by atoms with van der Waals surface area (Å²) in [6, 6.07) is 11.6. The highest BCUT2D eigenvalue weighted by Crippen LogP contribution is 2.21. The first-order valence-electron chi connectivity index (χ1n) is 9.73. The molecular formula is C21H23Cl2N3O4S. The predicted molar refractivity (Wildman–Crippen MR) is 121 cm³/mol. The molecule has 1 N–H and O–H groups in total. The first-order valence-corrected chi connectivity index (χ1v) is 11.9. The third kappa shape index (κ3) is 6.27. The number of nitrogens with one attached hydrogen (secondary N) is 1. The van der Waals surface area contributed by atoms with Gasteiger partial charge in [0.1, 0.15) is 0 Å². The van der Waals surface area contributed by atoms with E-state index in [1.807, 2.05) is 0 Å². The van der Waals surface area contributed by atoms with Crippen LogP contribution in [0.4, 0.5) is 0 Å². The number of sulfonamides is 1. The smallest absolute Gasteiger partial charge is 0.243 e. The Labute approximate surface area is 192 Å². The highest BCUT2D eigenvalue weighted by molar-refractivity contribution is 7.89. The Kier molecular flexibility index (Phi) is 8.07. The van der Waals surface area contributed by atoms with Crippen LogP contribution < -0.4 is 5.43 Å². The van der Waals surface area contributed by atoms with Crippen LogP contribution in [0.15, 0.2) is 52.5 Å². The molecule has 3 rings (SSSR count). The van der Waals surface area contributed by atoms with Gasteiger partial charge in [-0.3, -0.25) is 4.79 Å². The summed E-state index contributed by atoms with van der Waals surface area (Å²) in [7, 11) is -3.53. The van der Waals surface area contributed by atoms with E-state index in [9.17, 15) is 13.2 Å². The van der Waals surface area contributed by atoms with Crippen molar-refractivity contribution in [2.45, 2.75) is 24.7 Å². The van der Waals surface area contributed by atoms with Gasteiger partial charge in [0.2, 0.25) is 15.9 Å². The molecule has 31 heavy (non-hydrogen) atoms. The number of halogens is 2. The van der Waals surface area contributed by atoms with Crippen LogP contribution in [0, 0.1) is 0 Å². The quantitative estimate of drug-likeness (QED) is 0.482. The Morgan fingerprint density at radius 3 is 2.48 bits per heavy atom. The molecule has 0 aromatic heterocycles. The van der Waals surface area contributed by atoms with Crippen molar-refractivity contribution in [2.75, 3.05) is 26.3 Å². The molecule has 0 spiro atoms. The molecule has 2 aromatic rings. The lowest BCUT2D eigenvalue weighted by atomic mass is 10.1. The molecule has 0 radical (unpaired) electrons. The van der Waals surface area contributed by atoms with Gasteiger partial charge in [-0.05, 0) is 49.2 Å². The van der Waals surface area contributed by atoms with E-state index in [0.29, 0.717) is 54.0 Å². The summed E-state index contributed by atoms with van der Waals surface area (Å²) in [5.41, 5.74) is 4.55. The summed E-state index contributed by atoms with van der Waals surface area (Å²) >= 11 is 12.1. The Balaban J connectivity index is 1.55. The van der Waals surface area contributed by atoms with Crippen molar-refractivity contribution in [3.05, 3.63) is 63.6 Å². The minimum absolute atomic E-state index is 0.204. The van der Waals surface area contributed by atoms with E-state index < -0.39 is 10.0 Å². The highest BCUT2D eigenvalue weighted by atomic mass is 35.5.